The van der Waals surface area contributed by atoms with Crippen LogP contribution >= 0.6 is 58.0 Å². The number of aromatic nitrogens is 1. The summed E-state index contributed by atoms with van der Waals surface area (Å²) in [5.41, 5.74) is 0.234. The molecule has 0 bridgehead atoms. The number of nitrogens with zero attached hydrogens (tertiary/aromatic N) is 1. The van der Waals surface area contributed by atoms with E-state index in [1.165, 1.54) is 10.6 Å². The zero-order valence-electron chi connectivity index (χ0n) is 8.02. The van der Waals surface area contributed by atoms with Crippen molar-refractivity contribution in [1.82, 2.24) is 4.57 Å². The number of halogens is 5. The van der Waals surface area contributed by atoms with Crippen LogP contribution < -0.4 is 0 Å². The summed E-state index contributed by atoms with van der Waals surface area (Å²) in [6.45, 7) is 0. The predicted molar refractivity (Wildman–Crippen MR) is 72.5 cm³/mol. The van der Waals surface area contributed by atoms with E-state index in [4.69, 9.17) is 58.0 Å². The molecule has 1 aromatic carbocycles. The van der Waals surface area contributed by atoms with Crippen LogP contribution in [0.4, 0.5) is 0 Å². The largest absolute Gasteiger partial charge is 0.506 e. The fourth-order valence-electron chi connectivity index (χ4n) is 1.36. The predicted octanol–water partition coefficient (Wildman–Crippen LogP) is 5.45. The first-order chi connectivity index (χ1) is 7.93. The number of phenols is 1. The van der Waals surface area contributed by atoms with Gasteiger partial charge in [-0.05, 0) is 6.07 Å². The van der Waals surface area contributed by atoms with E-state index in [1.54, 1.807) is 12.3 Å². The van der Waals surface area contributed by atoms with Gasteiger partial charge in [-0.15, -0.1) is 0 Å². The first-order valence-electron chi connectivity index (χ1n) is 4.32. The van der Waals surface area contributed by atoms with Crippen LogP contribution in [0.25, 0.3) is 5.69 Å². The van der Waals surface area contributed by atoms with E-state index >= 15 is 0 Å². The van der Waals surface area contributed by atoms with Crippen LogP contribution in [0.2, 0.25) is 25.2 Å². The van der Waals surface area contributed by atoms with Gasteiger partial charge < -0.3 is 9.67 Å². The molecule has 0 unspecified atom stereocenters. The zero-order chi connectivity index (χ0) is 12.7. The Morgan fingerprint density at radius 3 is 2.12 bits per heavy atom. The molecule has 0 saturated heterocycles. The highest BCUT2D eigenvalue weighted by molar-refractivity contribution is 6.49. The molecule has 0 aliphatic heterocycles. The molecule has 0 spiro atoms. The summed E-state index contributed by atoms with van der Waals surface area (Å²) in [4.78, 5) is 0. The average molecular weight is 331 g/mol. The third kappa shape index (κ3) is 2.20. The highest BCUT2D eigenvalue weighted by Gasteiger charge is 2.18. The third-order valence-corrected chi connectivity index (χ3v) is 4.18. The smallest absolute Gasteiger partial charge is 0.142 e. The van der Waals surface area contributed by atoms with E-state index in [9.17, 15) is 5.11 Å². The van der Waals surface area contributed by atoms with E-state index < -0.39 is 0 Å². The molecule has 0 atom stereocenters. The highest BCUT2D eigenvalue weighted by atomic mass is 35.5. The SMILES string of the molecule is Oc1cc(Cl)c(Cl)c(Cl)c1-n1ccc(Cl)c1Cl. The summed E-state index contributed by atoms with van der Waals surface area (Å²) in [6.07, 6.45) is 1.57. The van der Waals surface area contributed by atoms with Crippen LogP contribution in [0.5, 0.6) is 5.75 Å². The van der Waals surface area contributed by atoms with Gasteiger partial charge in [-0.3, -0.25) is 0 Å². The van der Waals surface area contributed by atoms with Crippen molar-refractivity contribution in [1.29, 1.82) is 0 Å². The van der Waals surface area contributed by atoms with Crippen LogP contribution in [0, 0.1) is 0 Å². The number of benzene rings is 1. The van der Waals surface area contributed by atoms with Crippen molar-refractivity contribution >= 4 is 58.0 Å². The molecule has 1 N–H and O–H groups in total. The van der Waals surface area contributed by atoms with Gasteiger partial charge in [0.25, 0.3) is 0 Å². The number of hydrogen-bond acceptors (Lipinski definition) is 1. The minimum absolute atomic E-state index is 0.103. The van der Waals surface area contributed by atoms with Crippen LogP contribution in [-0.4, -0.2) is 9.67 Å². The van der Waals surface area contributed by atoms with E-state index in [-0.39, 0.29) is 31.7 Å². The molecule has 1 heterocycles. The fourth-order valence-corrected chi connectivity index (χ4v) is 2.40. The molecule has 2 aromatic rings. The second kappa shape index (κ2) is 4.79. The maximum atomic E-state index is 9.83. The van der Waals surface area contributed by atoms with E-state index in [2.05, 4.69) is 0 Å². The Bertz CT molecular complexity index is 593. The van der Waals surface area contributed by atoms with Gasteiger partial charge in [-0.25, -0.2) is 0 Å². The summed E-state index contributed by atoms with van der Waals surface area (Å²) >= 11 is 29.5. The van der Waals surface area contributed by atoms with Crippen LogP contribution in [-0.2, 0) is 0 Å². The Morgan fingerprint density at radius 2 is 1.59 bits per heavy atom. The lowest BCUT2D eigenvalue weighted by atomic mass is 10.3. The molecule has 90 valence electrons. The zero-order valence-corrected chi connectivity index (χ0v) is 11.8. The average Bonchev–Trinajstić information content (AvgIpc) is 2.58. The van der Waals surface area contributed by atoms with E-state index in [1.807, 2.05) is 0 Å². The van der Waals surface area contributed by atoms with Gasteiger partial charge in [0.05, 0.1) is 20.1 Å². The molecule has 7 heteroatoms. The first-order valence-corrected chi connectivity index (χ1v) is 6.21. The molecule has 0 aliphatic rings. The van der Waals surface area contributed by atoms with Crippen LogP contribution in [0.3, 0.4) is 0 Å². The first kappa shape index (κ1) is 13.2. The molecular formula is C10H4Cl5NO. The summed E-state index contributed by atoms with van der Waals surface area (Å²) in [5.74, 6) is -0.140. The van der Waals surface area contributed by atoms with Gasteiger partial charge in [-0.1, -0.05) is 58.0 Å². The monoisotopic (exact) mass is 329 g/mol. The number of phenolic OH excluding ortho intramolecular Hbond substituents is 1. The molecule has 0 fully saturated rings. The molecule has 0 saturated carbocycles. The molecule has 2 nitrogen and oxygen atoms in total. The second-order valence-electron chi connectivity index (χ2n) is 3.18. The Kier molecular flexibility index (Phi) is 3.71. The molecule has 1 aromatic heterocycles. The maximum Gasteiger partial charge on any atom is 0.142 e. The summed E-state index contributed by atoms with van der Waals surface area (Å²) in [6, 6.07) is 2.86. The Morgan fingerprint density at radius 1 is 0.941 bits per heavy atom. The van der Waals surface area contributed by atoms with Gasteiger partial charge in [0.2, 0.25) is 0 Å². The Balaban J connectivity index is 2.76. The minimum Gasteiger partial charge on any atom is -0.506 e. The summed E-state index contributed by atoms with van der Waals surface area (Å²) in [5, 5.41) is 10.8. The maximum absolute atomic E-state index is 9.83. The molecule has 2 rings (SSSR count). The number of aromatic hydroxyl groups is 1. The van der Waals surface area contributed by atoms with Crippen LogP contribution in [0.1, 0.15) is 0 Å². The topological polar surface area (TPSA) is 25.2 Å². The van der Waals surface area contributed by atoms with Gasteiger partial charge in [-0.2, -0.15) is 0 Å². The molecule has 0 amide bonds. The summed E-state index contributed by atoms with van der Waals surface area (Å²) in [7, 11) is 0. The lowest BCUT2D eigenvalue weighted by Crippen LogP contribution is -1.95. The van der Waals surface area contributed by atoms with Crippen molar-refractivity contribution in [3.63, 3.8) is 0 Å². The lowest BCUT2D eigenvalue weighted by Gasteiger charge is -2.12. The van der Waals surface area contributed by atoms with Gasteiger partial charge >= 0.3 is 0 Å². The van der Waals surface area contributed by atoms with E-state index in [0.29, 0.717) is 5.02 Å². The second-order valence-corrected chi connectivity index (χ2v) is 5.11. The Labute approximate surface area is 122 Å². The van der Waals surface area contributed by atoms with Crippen LogP contribution in [0.15, 0.2) is 18.3 Å². The van der Waals surface area contributed by atoms with Crippen molar-refractivity contribution in [3.05, 3.63) is 43.6 Å². The van der Waals surface area contributed by atoms with E-state index in [0.717, 1.165) is 0 Å². The van der Waals surface area contributed by atoms with Gasteiger partial charge in [0.1, 0.15) is 16.6 Å². The van der Waals surface area contributed by atoms with Crippen molar-refractivity contribution in [2.45, 2.75) is 0 Å². The lowest BCUT2D eigenvalue weighted by molar-refractivity contribution is 0.472. The van der Waals surface area contributed by atoms with Gasteiger partial charge in [0.15, 0.2) is 0 Å². The minimum atomic E-state index is -0.140. The standard InChI is InChI=1S/C10H4Cl5NO/c11-4-1-2-16(10(4)15)9-6(17)3-5(12)7(13)8(9)14/h1-3,17H. The molecule has 17 heavy (non-hydrogen) atoms. The third-order valence-electron chi connectivity index (χ3n) is 2.14. The van der Waals surface area contributed by atoms with Crippen molar-refractivity contribution in [3.8, 4) is 11.4 Å². The normalized spacial score (nSPS) is 10.9. The fraction of sp³-hybridized carbons (Fsp3) is 0. The number of rotatable bonds is 1. The van der Waals surface area contributed by atoms with Crippen molar-refractivity contribution < 1.29 is 5.11 Å². The van der Waals surface area contributed by atoms with Crippen molar-refractivity contribution in [2.75, 3.05) is 0 Å². The summed E-state index contributed by atoms with van der Waals surface area (Å²) < 4.78 is 1.42. The van der Waals surface area contributed by atoms with Crippen molar-refractivity contribution in [2.24, 2.45) is 0 Å². The highest BCUT2D eigenvalue weighted by Crippen LogP contribution is 2.42. The quantitative estimate of drug-likeness (QED) is 0.691. The molecule has 0 aliphatic carbocycles. The molecular weight excluding hydrogens is 327 g/mol. The Hall–Kier alpha value is -0.250. The van der Waals surface area contributed by atoms with Gasteiger partial charge in [0, 0.05) is 12.3 Å². The number of hydrogen-bond donors (Lipinski definition) is 1. The molecule has 0 radical (unpaired) electrons.